The Balaban J connectivity index is 2.02. The molecule has 1 fully saturated rings. The Labute approximate surface area is 96.4 Å². The summed E-state index contributed by atoms with van der Waals surface area (Å²) in [7, 11) is 2.18. The smallest absolute Gasteiger partial charge is 0.109 e. The van der Waals surface area contributed by atoms with Gasteiger partial charge >= 0.3 is 0 Å². The van der Waals surface area contributed by atoms with Crippen LogP contribution in [0.1, 0.15) is 12.0 Å². The van der Waals surface area contributed by atoms with Gasteiger partial charge in [0.2, 0.25) is 0 Å². The van der Waals surface area contributed by atoms with Crippen molar-refractivity contribution in [3.8, 4) is 0 Å². The molecule has 1 aromatic carbocycles. The van der Waals surface area contributed by atoms with Crippen LogP contribution in [0.2, 0.25) is 0 Å². The summed E-state index contributed by atoms with van der Waals surface area (Å²) < 4.78 is 6.12. The van der Waals surface area contributed by atoms with Crippen LogP contribution in [0, 0.1) is 0 Å². The van der Waals surface area contributed by atoms with E-state index in [0.717, 1.165) is 32.7 Å². The van der Waals surface area contributed by atoms with E-state index in [-0.39, 0.29) is 5.60 Å². The van der Waals surface area contributed by atoms with E-state index in [2.05, 4.69) is 41.5 Å². The Kier molecular flexibility index (Phi) is 2.37. The average molecular weight is 218 g/mol. The lowest BCUT2D eigenvalue weighted by atomic mass is 9.84. The number of ether oxygens (including phenoxy) is 1. The van der Waals surface area contributed by atoms with Gasteiger partial charge in [-0.2, -0.15) is 0 Å². The Hall–Kier alpha value is -1.06. The van der Waals surface area contributed by atoms with Crippen molar-refractivity contribution in [2.75, 3.05) is 38.6 Å². The summed E-state index contributed by atoms with van der Waals surface area (Å²) in [5.74, 6) is 0. The molecule has 2 heterocycles. The monoisotopic (exact) mass is 218 g/mol. The molecule has 2 aliphatic rings. The molecule has 1 unspecified atom stereocenters. The molecular weight excluding hydrogens is 200 g/mol. The molecule has 0 bridgehead atoms. The van der Waals surface area contributed by atoms with Gasteiger partial charge in [-0.3, -0.25) is 0 Å². The van der Waals surface area contributed by atoms with Gasteiger partial charge in [0.1, 0.15) is 5.60 Å². The number of para-hydroxylation sites is 1. The third-order valence-electron chi connectivity index (χ3n) is 3.64. The highest BCUT2D eigenvalue weighted by Gasteiger charge is 2.40. The molecule has 0 aromatic heterocycles. The number of nitrogens with zero attached hydrogens (tertiary/aromatic N) is 1. The first-order valence-electron chi connectivity index (χ1n) is 5.96. The number of benzene rings is 1. The van der Waals surface area contributed by atoms with Crippen molar-refractivity contribution < 1.29 is 4.74 Å². The highest BCUT2D eigenvalue weighted by atomic mass is 16.5. The minimum atomic E-state index is -0.0746. The molecule has 1 aromatic rings. The van der Waals surface area contributed by atoms with Crippen LogP contribution in [-0.4, -0.2) is 38.2 Å². The predicted octanol–water partition coefficient (Wildman–Crippen LogP) is 1.66. The third kappa shape index (κ3) is 1.51. The molecule has 1 saturated heterocycles. The van der Waals surface area contributed by atoms with Crippen LogP contribution in [0.25, 0.3) is 0 Å². The number of hydrogen-bond donors (Lipinski definition) is 1. The summed E-state index contributed by atoms with van der Waals surface area (Å²) in [6.07, 6.45) is 1.06. The van der Waals surface area contributed by atoms with Crippen molar-refractivity contribution in [1.82, 2.24) is 4.90 Å². The molecule has 86 valence electrons. The molecule has 2 aliphatic heterocycles. The molecule has 16 heavy (non-hydrogen) atoms. The van der Waals surface area contributed by atoms with E-state index in [1.54, 1.807) is 0 Å². The number of hydrogen-bond acceptors (Lipinski definition) is 3. The van der Waals surface area contributed by atoms with Crippen molar-refractivity contribution in [2.45, 2.75) is 12.0 Å². The summed E-state index contributed by atoms with van der Waals surface area (Å²) in [6.45, 7) is 3.89. The average Bonchev–Trinajstić information content (AvgIpc) is 2.30. The number of rotatable bonds is 0. The fraction of sp³-hybridized carbons (Fsp3) is 0.538. The Morgan fingerprint density at radius 2 is 2.25 bits per heavy atom. The van der Waals surface area contributed by atoms with Gasteiger partial charge in [0.05, 0.1) is 6.61 Å². The van der Waals surface area contributed by atoms with Crippen LogP contribution in [0.5, 0.6) is 0 Å². The van der Waals surface area contributed by atoms with Crippen molar-refractivity contribution in [2.24, 2.45) is 0 Å². The zero-order chi connectivity index (χ0) is 11.0. The molecule has 3 heteroatoms. The standard InChI is InChI=1S/C13H18N2O/c1-15-8-9-16-13(10-15)6-7-14-12-5-3-2-4-11(12)13/h2-5,14H,6-10H2,1H3. The largest absolute Gasteiger partial charge is 0.385 e. The van der Waals surface area contributed by atoms with Gasteiger partial charge in [-0.25, -0.2) is 0 Å². The lowest BCUT2D eigenvalue weighted by Gasteiger charge is -2.45. The second-order valence-electron chi connectivity index (χ2n) is 4.80. The molecule has 1 spiro atoms. The van der Waals surface area contributed by atoms with Crippen LogP contribution in [0.3, 0.4) is 0 Å². The summed E-state index contributed by atoms with van der Waals surface area (Å²) >= 11 is 0. The van der Waals surface area contributed by atoms with E-state index in [0.29, 0.717) is 0 Å². The maximum absolute atomic E-state index is 6.12. The Bertz CT molecular complexity index is 393. The van der Waals surface area contributed by atoms with Crippen LogP contribution >= 0.6 is 0 Å². The number of nitrogens with one attached hydrogen (secondary N) is 1. The van der Waals surface area contributed by atoms with Gasteiger partial charge in [-0.05, 0) is 19.5 Å². The number of fused-ring (bicyclic) bond motifs is 2. The fourth-order valence-corrected chi connectivity index (χ4v) is 2.84. The lowest BCUT2D eigenvalue weighted by molar-refractivity contribution is -0.113. The normalized spacial score (nSPS) is 29.8. The van der Waals surface area contributed by atoms with Crippen LogP contribution in [-0.2, 0) is 10.3 Å². The summed E-state index contributed by atoms with van der Waals surface area (Å²) in [5, 5.41) is 3.45. The Morgan fingerprint density at radius 1 is 1.38 bits per heavy atom. The van der Waals surface area contributed by atoms with E-state index < -0.39 is 0 Å². The summed E-state index contributed by atoms with van der Waals surface area (Å²) in [4.78, 5) is 2.37. The molecule has 0 radical (unpaired) electrons. The minimum absolute atomic E-state index is 0.0746. The van der Waals surface area contributed by atoms with Crippen molar-refractivity contribution in [3.63, 3.8) is 0 Å². The molecule has 3 rings (SSSR count). The van der Waals surface area contributed by atoms with Crippen molar-refractivity contribution in [3.05, 3.63) is 29.8 Å². The summed E-state index contributed by atoms with van der Waals surface area (Å²) in [6, 6.07) is 8.53. The molecule has 0 aliphatic carbocycles. The van der Waals surface area contributed by atoms with Gasteiger partial charge in [0.25, 0.3) is 0 Å². The van der Waals surface area contributed by atoms with Crippen molar-refractivity contribution in [1.29, 1.82) is 0 Å². The quantitative estimate of drug-likeness (QED) is 0.716. The molecule has 0 amide bonds. The van der Waals surface area contributed by atoms with Gasteiger partial charge < -0.3 is 15.0 Å². The second-order valence-corrected chi connectivity index (χ2v) is 4.80. The zero-order valence-electron chi connectivity index (χ0n) is 9.70. The second kappa shape index (κ2) is 3.75. The SMILES string of the molecule is CN1CCOC2(CCNc3ccccc32)C1. The predicted molar refractivity (Wildman–Crippen MR) is 64.7 cm³/mol. The van der Waals surface area contributed by atoms with Crippen LogP contribution in [0.15, 0.2) is 24.3 Å². The van der Waals surface area contributed by atoms with Crippen LogP contribution < -0.4 is 5.32 Å². The first kappa shape index (κ1) is 10.1. The molecule has 3 nitrogen and oxygen atoms in total. The zero-order valence-corrected chi connectivity index (χ0v) is 9.70. The van der Waals surface area contributed by atoms with Gasteiger partial charge in [0, 0.05) is 30.9 Å². The van der Waals surface area contributed by atoms with Gasteiger partial charge in [-0.15, -0.1) is 0 Å². The number of likely N-dealkylation sites (N-methyl/N-ethyl adjacent to an activating group) is 1. The van der Waals surface area contributed by atoms with E-state index in [4.69, 9.17) is 4.74 Å². The maximum atomic E-state index is 6.12. The fourth-order valence-electron chi connectivity index (χ4n) is 2.84. The maximum Gasteiger partial charge on any atom is 0.109 e. The number of anilines is 1. The Morgan fingerprint density at radius 3 is 3.12 bits per heavy atom. The highest BCUT2D eigenvalue weighted by Crippen LogP contribution is 2.39. The molecule has 1 atom stereocenters. The lowest BCUT2D eigenvalue weighted by Crippen LogP contribution is -2.50. The first-order chi connectivity index (χ1) is 7.80. The van der Waals surface area contributed by atoms with Gasteiger partial charge in [-0.1, -0.05) is 18.2 Å². The topological polar surface area (TPSA) is 24.5 Å². The molecule has 1 N–H and O–H groups in total. The van der Waals surface area contributed by atoms with E-state index in [1.807, 2.05) is 0 Å². The van der Waals surface area contributed by atoms with E-state index in [9.17, 15) is 0 Å². The molecular formula is C13H18N2O. The van der Waals surface area contributed by atoms with E-state index >= 15 is 0 Å². The minimum Gasteiger partial charge on any atom is -0.385 e. The van der Waals surface area contributed by atoms with Crippen LogP contribution in [0.4, 0.5) is 5.69 Å². The molecule has 0 saturated carbocycles. The highest BCUT2D eigenvalue weighted by molar-refractivity contribution is 5.56. The third-order valence-corrected chi connectivity index (χ3v) is 3.64. The summed E-state index contributed by atoms with van der Waals surface area (Å²) in [5.41, 5.74) is 2.49. The van der Waals surface area contributed by atoms with E-state index in [1.165, 1.54) is 11.3 Å². The first-order valence-corrected chi connectivity index (χ1v) is 5.96. The van der Waals surface area contributed by atoms with Gasteiger partial charge in [0.15, 0.2) is 0 Å². The number of morpholine rings is 1. The van der Waals surface area contributed by atoms with Crippen molar-refractivity contribution >= 4 is 5.69 Å².